The molecule has 2 heteroatoms. The summed E-state index contributed by atoms with van der Waals surface area (Å²) in [6, 6.07) is 6.39. The van der Waals surface area contributed by atoms with Crippen LogP contribution in [0.3, 0.4) is 0 Å². The first-order chi connectivity index (χ1) is 6.15. The minimum Gasteiger partial charge on any atom is -0.508 e. The maximum Gasteiger partial charge on any atom is 0.165 e. The quantitative estimate of drug-likeness (QED) is 0.722. The Hall–Kier alpha value is -1.31. The fourth-order valence-electron chi connectivity index (χ4n) is 1.10. The molecule has 1 aromatic rings. The Bertz CT molecular complexity index is 287. The molecule has 0 saturated heterocycles. The van der Waals surface area contributed by atoms with Crippen LogP contribution in [0.1, 0.15) is 30.6 Å². The number of hydrogen-bond donors (Lipinski definition) is 1. The van der Waals surface area contributed by atoms with Crippen molar-refractivity contribution in [3.8, 4) is 5.75 Å². The molecule has 1 atom stereocenters. The summed E-state index contributed by atoms with van der Waals surface area (Å²) in [5.41, 5.74) is 0.673. The van der Waals surface area contributed by atoms with Crippen molar-refractivity contribution in [2.24, 2.45) is 5.92 Å². The van der Waals surface area contributed by atoms with E-state index in [-0.39, 0.29) is 17.5 Å². The van der Waals surface area contributed by atoms with Crippen molar-refractivity contribution in [3.63, 3.8) is 0 Å². The van der Waals surface area contributed by atoms with Crippen LogP contribution in [0.25, 0.3) is 0 Å². The second kappa shape index (κ2) is 4.08. The van der Waals surface area contributed by atoms with Crippen LogP contribution in [0.15, 0.2) is 24.3 Å². The smallest absolute Gasteiger partial charge is 0.165 e. The second-order valence-corrected chi connectivity index (χ2v) is 3.22. The van der Waals surface area contributed by atoms with Gasteiger partial charge in [0.15, 0.2) is 5.78 Å². The third-order valence-corrected chi connectivity index (χ3v) is 2.21. The summed E-state index contributed by atoms with van der Waals surface area (Å²) in [5.74, 6) is 0.396. The summed E-state index contributed by atoms with van der Waals surface area (Å²) in [6.45, 7) is 3.90. The van der Waals surface area contributed by atoms with E-state index in [0.717, 1.165) is 6.42 Å². The molecule has 0 fully saturated rings. The van der Waals surface area contributed by atoms with Gasteiger partial charge in [0.2, 0.25) is 0 Å². The molecule has 1 aromatic carbocycles. The molecule has 0 heterocycles. The van der Waals surface area contributed by atoms with Crippen molar-refractivity contribution in [2.45, 2.75) is 20.3 Å². The molecule has 0 saturated carbocycles. The van der Waals surface area contributed by atoms with E-state index in [0.29, 0.717) is 5.56 Å². The third kappa shape index (κ3) is 2.31. The van der Waals surface area contributed by atoms with Crippen LogP contribution in [-0.4, -0.2) is 10.9 Å². The van der Waals surface area contributed by atoms with Gasteiger partial charge in [-0.15, -0.1) is 0 Å². The topological polar surface area (TPSA) is 37.3 Å². The molecule has 1 N–H and O–H groups in total. The Balaban J connectivity index is 2.83. The van der Waals surface area contributed by atoms with Gasteiger partial charge in [0, 0.05) is 11.5 Å². The zero-order valence-electron chi connectivity index (χ0n) is 7.95. The molecule has 0 radical (unpaired) electrons. The number of benzene rings is 1. The van der Waals surface area contributed by atoms with Gasteiger partial charge in [-0.3, -0.25) is 4.79 Å². The van der Waals surface area contributed by atoms with E-state index in [1.54, 1.807) is 12.1 Å². The van der Waals surface area contributed by atoms with Gasteiger partial charge in [-0.2, -0.15) is 0 Å². The predicted octanol–water partition coefficient (Wildman–Crippen LogP) is 2.62. The zero-order valence-corrected chi connectivity index (χ0v) is 7.95. The predicted molar refractivity (Wildman–Crippen MR) is 51.9 cm³/mol. The lowest BCUT2D eigenvalue weighted by molar-refractivity contribution is 0.0927. The van der Waals surface area contributed by atoms with Crippen LogP contribution in [0, 0.1) is 5.92 Å². The average molecular weight is 178 g/mol. The highest BCUT2D eigenvalue weighted by Gasteiger charge is 2.12. The molecule has 70 valence electrons. The molecule has 1 rings (SSSR count). The van der Waals surface area contributed by atoms with Crippen LogP contribution in [-0.2, 0) is 0 Å². The molecule has 0 aromatic heterocycles. The Morgan fingerprint density at radius 2 is 1.92 bits per heavy atom. The van der Waals surface area contributed by atoms with Gasteiger partial charge in [-0.05, 0) is 30.7 Å². The van der Waals surface area contributed by atoms with Crippen molar-refractivity contribution >= 4 is 5.78 Å². The second-order valence-electron chi connectivity index (χ2n) is 3.22. The Labute approximate surface area is 78.2 Å². The molecule has 0 amide bonds. The van der Waals surface area contributed by atoms with Gasteiger partial charge in [0.1, 0.15) is 5.75 Å². The molecular formula is C11H14O2. The zero-order chi connectivity index (χ0) is 9.84. The molecule has 2 nitrogen and oxygen atoms in total. The summed E-state index contributed by atoms with van der Waals surface area (Å²) in [4.78, 5) is 11.6. The number of aromatic hydroxyl groups is 1. The standard InChI is InChI=1S/C11H14O2/c1-3-8(2)11(13)9-4-6-10(12)7-5-9/h4-8,12H,3H2,1-2H3/t8-/m1/s1. The molecule has 0 aliphatic heterocycles. The van der Waals surface area contributed by atoms with Crippen molar-refractivity contribution in [1.82, 2.24) is 0 Å². The third-order valence-electron chi connectivity index (χ3n) is 2.21. The van der Waals surface area contributed by atoms with Crippen molar-refractivity contribution < 1.29 is 9.90 Å². The Morgan fingerprint density at radius 1 is 1.38 bits per heavy atom. The Kier molecular flexibility index (Phi) is 3.07. The van der Waals surface area contributed by atoms with Gasteiger partial charge in [0.05, 0.1) is 0 Å². The number of Topliss-reactive ketones (excluding diaryl/α,β-unsaturated/α-hetero) is 1. The fourth-order valence-corrected chi connectivity index (χ4v) is 1.10. The molecule has 0 aliphatic rings. The van der Waals surface area contributed by atoms with Crippen LogP contribution in [0.5, 0.6) is 5.75 Å². The number of hydrogen-bond acceptors (Lipinski definition) is 2. The molecule has 0 unspecified atom stereocenters. The van der Waals surface area contributed by atoms with Crippen LogP contribution in [0.4, 0.5) is 0 Å². The lowest BCUT2D eigenvalue weighted by atomic mass is 9.97. The monoisotopic (exact) mass is 178 g/mol. The van der Waals surface area contributed by atoms with Crippen molar-refractivity contribution in [1.29, 1.82) is 0 Å². The number of ketones is 1. The first kappa shape index (κ1) is 9.78. The fraction of sp³-hybridized carbons (Fsp3) is 0.364. The maximum absolute atomic E-state index is 11.6. The average Bonchev–Trinajstić information content (AvgIpc) is 2.17. The molecule has 0 bridgehead atoms. The normalized spacial score (nSPS) is 12.5. The summed E-state index contributed by atoms with van der Waals surface area (Å²) in [5, 5.41) is 9.02. The number of carbonyl (C=O) groups is 1. The summed E-state index contributed by atoms with van der Waals surface area (Å²) in [6.07, 6.45) is 0.847. The van der Waals surface area contributed by atoms with Gasteiger partial charge >= 0.3 is 0 Å². The van der Waals surface area contributed by atoms with E-state index in [9.17, 15) is 4.79 Å². The van der Waals surface area contributed by atoms with E-state index in [2.05, 4.69) is 0 Å². The van der Waals surface area contributed by atoms with Gasteiger partial charge in [-0.25, -0.2) is 0 Å². The highest BCUT2D eigenvalue weighted by atomic mass is 16.3. The minimum atomic E-state index is 0.0598. The van der Waals surface area contributed by atoms with Crippen LogP contribution < -0.4 is 0 Å². The summed E-state index contributed by atoms with van der Waals surface area (Å²) >= 11 is 0. The van der Waals surface area contributed by atoms with E-state index >= 15 is 0 Å². The van der Waals surface area contributed by atoms with E-state index in [4.69, 9.17) is 5.11 Å². The number of rotatable bonds is 3. The number of phenols is 1. The van der Waals surface area contributed by atoms with E-state index in [1.807, 2.05) is 13.8 Å². The minimum absolute atomic E-state index is 0.0598. The van der Waals surface area contributed by atoms with E-state index < -0.39 is 0 Å². The number of phenolic OH excluding ortho intramolecular Hbond substituents is 1. The number of carbonyl (C=O) groups excluding carboxylic acids is 1. The van der Waals surface area contributed by atoms with Crippen molar-refractivity contribution in [3.05, 3.63) is 29.8 Å². The highest BCUT2D eigenvalue weighted by Crippen LogP contribution is 2.15. The van der Waals surface area contributed by atoms with Crippen molar-refractivity contribution in [2.75, 3.05) is 0 Å². The summed E-state index contributed by atoms with van der Waals surface area (Å²) < 4.78 is 0. The molecular weight excluding hydrogens is 164 g/mol. The first-order valence-corrected chi connectivity index (χ1v) is 4.48. The highest BCUT2D eigenvalue weighted by molar-refractivity contribution is 5.97. The van der Waals surface area contributed by atoms with E-state index in [1.165, 1.54) is 12.1 Å². The summed E-state index contributed by atoms with van der Waals surface area (Å²) in [7, 11) is 0. The lowest BCUT2D eigenvalue weighted by Crippen LogP contribution is -2.09. The van der Waals surface area contributed by atoms with Gasteiger partial charge < -0.3 is 5.11 Å². The Morgan fingerprint density at radius 3 is 2.38 bits per heavy atom. The molecule has 0 spiro atoms. The lowest BCUT2D eigenvalue weighted by Gasteiger charge is -2.06. The largest absolute Gasteiger partial charge is 0.508 e. The van der Waals surface area contributed by atoms with Gasteiger partial charge in [0.25, 0.3) is 0 Å². The first-order valence-electron chi connectivity index (χ1n) is 4.48. The molecule has 13 heavy (non-hydrogen) atoms. The van der Waals surface area contributed by atoms with Crippen LogP contribution >= 0.6 is 0 Å². The SMILES string of the molecule is CC[C@@H](C)C(=O)c1ccc(O)cc1. The maximum atomic E-state index is 11.6. The van der Waals surface area contributed by atoms with Crippen LogP contribution in [0.2, 0.25) is 0 Å². The van der Waals surface area contributed by atoms with Gasteiger partial charge in [-0.1, -0.05) is 13.8 Å². The molecule has 0 aliphatic carbocycles.